The van der Waals surface area contributed by atoms with E-state index in [0.717, 1.165) is 31.0 Å². The lowest BCUT2D eigenvalue weighted by Gasteiger charge is -2.11. The second-order valence-corrected chi connectivity index (χ2v) is 7.19. The van der Waals surface area contributed by atoms with Crippen LogP contribution in [0.3, 0.4) is 0 Å². The molecule has 0 aliphatic carbocycles. The van der Waals surface area contributed by atoms with Crippen molar-refractivity contribution in [3.63, 3.8) is 0 Å². The van der Waals surface area contributed by atoms with Gasteiger partial charge in [0.2, 0.25) is 5.88 Å². The Morgan fingerprint density at radius 2 is 1.86 bits per heavy atom. The summed E-state index contributed by atoms with van der Waals surface area (Å²) in [5.41, 5.74) is 0.879. The third-order valence-corrected chi connectivity index (χ3v) is 3.88. The van der Waals surface area contributed by atoms with Crippen LogP contribution in [0.2, 0.25) is 0 Å². The van der Waals surface area contributed by atoms with Gasteiger partial charge in [0, 0.05) is 30.3 Å². The smallest absolute Gasteiger partial charge is 0.521 e. The van der Waals surface area contributed by atoms with E-state index in [1.165, 1.54) is 0 Å². The molecule has 164 valence electrons. The average molecular weight is 438 g/mol. The summed E-state index contributed by atoms with van der Waals surface area (Å²) in [5, 5.41) is 11.5. The molecule has 1 unspecified atom stereocenters. The van der Waals surface area contributed by atoms with Crippen LogP contribution in [0.25, 0.3) is 0 Å². The first-order chi connectivity index (χ1) is 13.7. The maximum Gasteiger partial charge on any atom is 0.521 e. The van der Waals surface area contributed by atoms with E-state index >= 15 is 0 Å². The van der Waals surface area contributed by atoms with Crippen LogP contribution in [0.5, 0.6) is 5.88 Å². The molecule has 7 nitrogen and oxygen atoms in total. The van der Waals surface area contributed by atoms with Crippen molar-refractivity contribution in [1.82, 2.24) is 9.78 Å². The second-order valence-electron chi connectivity index (χ2n) is 6.58. The summed E-state index contributed by atoms with van der Waals surface area (Å²) in [6, 6.07) is 3.18. The minimum Gasteiger partial charge on any atom is -0.565 e. The standard InChI is InChI=1S/C18H23F3N2O.HO4P.H2/c1-4-5-14-9-18(23(22-14)7-6-12(2)3)24-11-13-8-16(20)17(21)10-15(13)19;1-4-5(2)3;/h8-10,12H,4-7,11H2,1-3H3;1H;1H. The van der Waals surface area contributed by atoms with Gasteiger partial charge in [-0.25, -0.2) is 23.1 Å². The summed E-state index contributed by atoms with van der Waals surface area (Å²) in [7, 11) is -3.04. The lowest BCUT2D eigenvalue weighted by molar-refractivity contribution is -0.244. The highest BCUT2D eigenvalue weighted by Gasteiger charge is 2.13. The van der Waals surface area contributed by atoms with Gasteiger partial charge < -0.3 is 9.63 Å². The molecule has 0 bridgehead atoms. The van der Waals surface area contributed by atoms with Crippen molar-refractivity contribution >= 4 is 8.25 Å². The molecule has 0 radical (unpaired) electrons. The van der Waals surface area contributed by atoms with Gasteiger partial charge in [0.15, 0.2) is 11.6 Å². The Labute approximate surface area is 169 Å². The summed E-state index contributed by atoms with van der Waals surface area (Å²) in [4.78, 5) is 8.93. The summed E-state index contributed by atoms with van der Waals surface area (Å²) in [6.45, 7) is 6.81. The Morgan fingerprint density at radius 3 is 2.41 bits per heavy atom. The van der Waals surface area contributed by atoms with Gasteiger partial charge in [-0.2, -0.15) is 5.10 Å². The molecule has 1 N–H and O–H groups in total. The number of ether oxygens (including phenoxy) is 1. The number of nitrogens with zero attached hydrogens (tertiary/aromatic N) is 2. The van der Waals surface area contributed by atoms with Crippen molar-refractivity contribution in [3.05, 3.63) is 46.9 Å². The van der Waals surface area contributed by atoms with E-state index in [1.54, 1.807) is 4.68 Å². The van der Waals surface area contributed by atoms with Gasteiger partial charge >= 0.3 is 8.25 Å². The molecule has 1 atom stereocenters. The number of hydrogen-bond acceptors (Lipinski definition) is 6. The fraction of sp³-hybridized carbons (Fsp3) is 0.500. The van der Waals surface area contributed by atoms with Crippen LogP contribution in [0, 0.1) is 23.4 Å². The molecule has 11 heteroatoms. The maximum absolute atomic E-state index is 13.7. The molecule has 2 aromatic rings. The molecular formula is C18H26F3N2O5P. The molecule has 0 aliphatic rings. The van der Waals surface area contributed by atoms with Gasteiger partial charge in [-0.3, -0.25) is 0 Å². The number of hydrogen-bond donors (Lipinski definition) is 1. The van der Waals surface area contributed by atoms with Crippen LogP contribution < -0.4 is 9.63 Å². The van der Waals surface area contributed by atoms with Gasteiger partial charge in [-0.15, -0.1) is 0 Å². The van der Waals surface area contributed by atoms with Crippen LogP contribution >= 0.6 is 8.25 Å². The molecule has 29 heavy (non-hydrogen) atoms. The van der Waals surface area contributed by atoms with Crippen molar-refractivity contribution in [3.8, 4) is 5.88 Å². The highest BCUT2D eigenvalue weighted by atomic mass is 31.1. The zero-order valence-electron chi connectivity index (χ0n) is 16.4. The fourth-order valence-corrected chi connectivity index (χ4v) is 2.31. The number of halogens is 3. The van der Waals surface area contributed by atoms with Gasteiger partial charge in [-0.05, 0) is 29.4 Å². The lowest BCUT2D eigenvalue weighted by Crippen LogP contribution is -2.08. The summed E-state index contributed by atoms with van der Waals surface area (Å²) in [5.74, 6) is -2.09. The molecule has 1 aromatic carbocycles. The third kappa shape index (κ3) is 8.91. The highest BCUT2D eigenvalue weighted by molar-refractivity contribution is 7.30. The van der Waals surface area contributed by atoms with Gasteiger partial charge in [0.05, 0.1) is 5.69 Å². The minimum atomic E-state index is -3.04. The van der Waals surface area contributed by atoms with Crippen LogP contribution in [-0.2, 0) is 28.8 Å². The molecule has 2 rings (SSSR count). The fourth-order valence-electron chi connectivity index (χ4n) is 2.31. The topological polar surface area (TPSA) is 96.6 Å². The van der Waals surface area contributed by atoms with Crippen LogP contribution in [0.1, 0.15) is 46.3 Å². The quantitative estimate of drug-likeness (QED) is 0.266. The number of aromatic nitrogens is 2. The zero-order chi connectivity index (χ0) is 22.0. The Bertz CT molecular complexity index is 808. The van der Waals surface area contributed by atoms with Gasteiger partial charge in [-0.1, -0.05) is 27.2 Å². The number of aryl methyl sites for hydroxylation is 2. The molecule has 0 saturated carbocycles. The van der Waals surface area contributed by atoms with E-state index < -0.39 is 25.7 Å². The van der Waals surface area contributed by atoms with Crippen molar-refractivity contribution in [2.24, 2.45) is 5.92 Å². The number of rotatable bonds is 9. The van der Waals surface area contributed by atoms with E-state index in [9.17, 15) is 13.2 Å². The van der Waals surface area contributed by atoms with Crippen molar-refractivity contribution in [2.75, 3.05) is 0 Å². The van der Waals surface area contributed by atoms with E-state index in [0.29, 0.717) is 24.4 Å². The zero-order valence-corrected chi connectivity index (χ0v) is 17.3. The van der Waals surface area contributed by atoms with Crippen molar-refractivity contribution in [2.45, 2.75) is 53.2 Å². The Morgan fingerprint density at radius 1 is 1.24 bits per heavy atom. The maximum atomic E-state index is 13.7. The van der Waals surface area contributed by atoms with Crippen LogP contribution in [0.4, 0.5) is 13.2 Å². The van der Waals surface area contributed by atoms with E-state index in [-0.39, 0.29) is 13.6 Å². The lowest BCUT2D eigenvalue weighted by atomic mass is 10.1. The monoisotopic (exact) mass is 438 g/mol. The van der Waals surface area contributed by atoms with E-state index in [4.69, 9.17) is 19.5 Å². The molecular weight excluding hydrogens is 412 g/mol. The molecule has 0 aliphatic heterocycles. The predicted octanol–water partition coefficient (Wildman–Crippen LogP) is 4.62. The highest BCUT2D eigenvalue weighted by Crippen LogP contribution is 2.20. The Hall–Kier alpha value is -2.00. The molecule has 1 aromatic heterocycles. The van der Waals surface area contributed by atoms with Crippen molar-refractivity contribution < 1.29 is 38.7 Å². The molecule has 1 heterocycles. The van der Waals surface area contributed by atoms with Crippen LogP contribution in [0.15, 0.2) is 18.2 Å². The van der Waals surface area contributed by atoms with E-state index in [2.05, 4.69) is 30.5 Å². The minimum absolute atomic E-state index is 0. The molecule has 0 saturated heterocycles. The first-order valence-corrected chi connectivity index (χ1v) is 10.1. The summed E-state index contributed by atoms with van der Waals surface area (Å²) >= 11 is 0. The van der Waals surface area contributed by atoms with Crippen molar-refractivity contribution in [1.29, 1.82) is 0 Å². The normalized spacial score (nSPS) is 11.3. The predicted molar refractivity (Wildman–Crippen MR) is 99.8 cm³/mol. The first-order valence-electron chi connectivity index (χ1n) is 8.96. The van der Waals surface area contributed by atoms with Gasteiger partial charge in [0.25, 0.3) is 0 Å². The summed E-state index contributed by atoms with van der Waals surface area (Å²) in [6.07, 6.45) is 2.71. The largest absolute Gasteiger partial charge is 0.565 e. The average Bonchev–Trinajstić information content (AvgIpc) is 3.04. The SMILES string of the molecule is CCCc1cc(OCc2cc(F)c(F)cc2F)n(CCC(C)C)n1.O=[P+]([O-])OO.[HH]. The van der Waals surface area contributed by atoms with Gasteiger partial charge in [0.1, 0.15) is 12.4 Å². The first kappa shape index (κ1) is 25.0. The molecule has 0 fully saturated rings. The molecule has 0 amide bonds. The third-order valence-electron chi connectivity index (χ3n) is 3.75. The Kier molecular flexibility index (Phi) is 10.8. The number of benzene rings is 1. The second kappa shape index (κ2) is 12.5. The molecule has 0 spiro atoms. The van der Waals surface area contributed by atoms with Crippen LogP contribution in [-0.4, -0.2) is 15.0 Å². The summed E-state index contributed by atoms with van der Waals surface area (Å²) < 4.78 is 59.0. The Balaban J connectivity index is 0.00000125. The van der Waals surface area contributed by atoms with E-state index in [1.807, 2.05) is 6.07 Å².